The van der Waals surface area contributed by atoms with Gasteiger partial charge in [0.15, 0.2) is 5.65 Å². The van der Waals surface area contributed by atoms with Crippen molar-refractivity contribution in [1.29, 1.82) is 0 Å². The number of nitrogens with zero attached hydrogens (tertiary/aromatic N) is 6. The topological polar surface area (TPSA) is 80.9 Å². The van der Waals surface area contributed by atoms with Crippen LogP contribution in [0.3, 0.4) is 0 Å². The molecule has 0 atom stereocenters. The van der Waals surface area contributed by atoms with Gasteiger partial charge < -0.3 is 5.32 Å². The van der Waals surface area contributed by atoms with Crippen molar-refractivity contribution in [2.24, 2.45) is 0 Å². The van der Waals surface area contributed by atoms with Gasteiger partial charge in [-0.15, -0.1) is 26.2 Å². The van der Waals surface area contributed by atoms with Crippen LogP contribution in [0.25, 0.3) is 5.65 Å². The predicted octanol–water partition coefficient (Wildman–Crippen LogP) is 1.51. The molecule has 0 saturated heterocycles. The van der Waals surface area contributed by atoms with Crippen molar-refractivity contribution in [1.82, 2.24) is 30.2 Å². The first-order valence-corrected chi connectivity index (χ1v) is 7.97. The number of tetrazole rings is 1. The van der Waals surface area contributed by atoms with Crippen molar-refractivity contribution in [3.63, 3.8) is 0 Å². The standard InChI is InChI=1S/C13H15N7S/c1-2-4-10-9(3-1)15-13(21-10)7-8-14-11-5-6-12-16-18-19-20(12)17-11/h5-6H,1-4,7-8H2,(H,14,17). The Morgan fingerprint density at radius 3 is 3.14 bits per heavy atom. The lowest BCUT2D eigenvalue weighted by molar-refractivity contribution is 0.680. The van der Waals surface area contributed by atoms with Crippen LogP contribution in [0.2, 0.25) is 0 Å². The van der Waals surface area contributed by atoms with Gasteiger partial charge in [-0.3, -0.25) is 0 Å². The van der Waals surface area contributed by atoms with Gasteiger partial charge in [0.05, 0.1) is 10.7 Å². The smallest absolute Gasteiger partial charge is 0.200 e. The molecule has 0 radical (unpaired) electrons. The molecular weight excluding hydrogens is 286 g/mol. The normalized spacial score (nSPS) is 14.3. The first kappa shape index (κ1) is 12.6. The number of aryl methyl sites for hydroxylation is 2. The number of hydrogen-bond donors (Lipinski definition) is 1. The summed E-state index contributed by atoms with van der Waals surface area (Å²) in [7, 11) is 0. The number of nitrogens with one attached hydrogen (secondary N) is 1. The van der Waals surface area contributed by atoms with Crippen LogP contribution in [0.15, 0.2) is 12.1 Å². The molecule has 0 amide bonds. The van der Waals surface area contributed by atoms with Crippen molar-refractivity contribution in [2.45, 2.75) is 32.1 Å². The Balaban J connectivity index is 1.39. The summed E-state index contributed by atoms with van der Waals surface area (Å²) >= 11 is 1.87. The van der Waals surface area contributed by atoms with Crippen LogP contribution in [-0.4, -0.2) is 36.8 Å². The van der Waals surface area contributed by atoms with Gasteiger partial charge in [0.1, 0.15) is 5.82 Å². The summed E-state index contributed by atoms with van der Waals surface area (Å²) in [4.78, 5) is 6.23. The molecule has 0 saturated carbocycles. The molecule has 0 aliphatic heterocycles. The first-order chi connectivity index (χ1) is 10.4. The van der Waals surface area contributed by atoms with E-state index in [0.717, 1.165) is 25.2 Å². The molecular formula is C13H15N7S. The maximum absolute atomic E-state index is 4.74. The fourth-order valence-electron chi connectivity index (χ4n) is 2.55. The third-order valence-corrected chi connectivity index (χ3v) is 4.82. The van der Waals surface area contributed by atoms with E-state index < -0.39 is 0 Å². The van der Waals surface area contributed by atoms with Crippen LogP contribution in [0.4, 0.5) is 5.82 Å². The average Bonchev–Trinajstić information content (AvgIpc) is 3.12. The number of aromatic nitrogens is 6. The van der Waals surface area contributed by atoms with Crippen molar-refractivity contribution < 1.29 is 0 Å². The third-order valence-electron chi connectivity index (χ3n) is 3.60. The molecule has 8 heteroatoms. The van der Waals surface area contributed by atoms with Crippen LogP contribution >= 0.6 is 11.3 Å². The molecule has 1 N–H and O–H groups in total. The Morgan fingerprint density at radius 1 is 1.24 bits per heavy atom. The number of rotatable bonds is 4. The van der Waals surface area contributed by atoms with Crippen LogP contribution in [-0.2, 0) is 19.3 Å². The SMILES string of the molecule is c1cc2nnnn2nc1NCCc1nc2c(s1)CCCC2. The Kier molecular flexibility index (Phi) is 3.23. The summed E-state index contributed by atoms with van der Waals surface area (Å²) in [6.07, 6.45) is 5.87. The molecule has 7 nitrogen and oxygen atoms in total. The van der Waals surface area contributed by atoms with Gasteiger partial charge in [-0.1, -0.05) is 0 Å². The van der Waals surface area contributed by atoms with Gasteiger partial charge in [-0.25, -0.2) is 4.98 Å². The molecule has 4 rings (SSSR count). The quantitative estimate of drug-likeness (QED) is 0.786. The van der Waals surface area contributed by atoms with E-state index in [2.05, 4.69) is 25.9 Å². The van der Waals surface area contributed by atoms with E-state index in [-0.39, 0.29) is 0 Å². The van der Waals surface area contributed by atoms with E-state index in [1.54, 1.807) is 0 Å². The number of fused-ring (bicyclic) bond motifs is 2. The maximum atomic E-state index is 4.74. The van der Waals surface area contributed by atoms with Crippen LogP contribution in [0.1, 0.15) is 28.4 Å². The zero-order valence-corrected chi connectivity index (χ0v) is 12.3. The molecule has 3 aromatic rings. The summed E-state index contributed by atoms with van der Waals surface area (Å²) in [6.45, 7) is 0.813. The summed E-state index contributed by atoms with van der Waals surface area (Å²) in [5.74, 6) is 0.774. The minimum Gasteiger partial charge on any atom is -0.368 e. The fraction of sp³-hybridized carbons (Fsp3) is 0.462. The number of anilines is 1. The zero-order chi connectivity index (χ0) is 14.1. The Bertz CT molecular complexity index is 739. The molecule has 0 bridgehead atoms. The predicted molar refractivity (Wildman–Crippen MR) is 79.5 cm³/mol. The largest absolute Gasteiger partial charge is 0.368 e. The molecule has 3 aromatic heterocycles. The van der Waals surface area contributed by atoms with E-state index in [1.807, 2.05) is 23.5 Å². The van der Waals surface area contributed by atoms with Gasteiger partial charge in [-0.05, 0) is 48.2 Å². The van der Waals surface area contributed by atoms with Crippen LogP contribution in [0.5, 0.6) is 0 Å². The van der Waals surface area contributed by atoms with Crippen molar-refractivity contribution in [2.75, 3.05) is 11.9 Å². The number of hydrogen-bond acceptors (Lipinski definition) is 7. The van der Waals surface area contributed by atoms with Gasteiger partial charge in [0, 0.05) is 17.8 Å². The van der Waals surface area contributed by atoms with Crippen molar-refractivity contribution >= 4 is 22.8 Å². The fourth-order valence-corrected chi connectivity index (χ4v) is 3.71. The van der Waals surface area contributed by atoms with Crippen LogP contribution in [0, 0.1) is 0 Å². The van der Waals surface area contributed by atoms with E-state index in [9.17, 15) is 0 Å². The van der Waals surface area contributed by atoms with E-state index in [0.29, 0.717) is 5.65 Å². The molecule has 1 aliphatic carbocycles. The average molecular weight is 301 g/mol. The van der Waals surface area contributed by atoms with Crippen molar-refractivity contribution in [3.05, 3.63) is 27.7 Å². The summed E-state index contributed by atoms with van der Waals surface area (Å²) in [6, 6.07) is 3.73. The van der Waals surface area contributed by atoms with Gasteiger partial charge in [-0.2, -0.15) is 0 Å². The molecule has 0 unspecified atom stereocenters. The maximum Gasteiger partial charge on any atom is 0.200 e. The monoisotopic (exact) mass is 301 g/mol. The van der Waals surface area contributed by atoms with E-state index >= 15 is 0 Å². The molecule has 0 aromatic carbocycles. The summed E-state index contributed by atoms with van der Waals surface area (Å²) in [5, 5.41) is 20.0. The molecule has 3 heterocycles. The second-order valence-electron chi connectivity index (χ2n) is 5.11. The second-order valence-corrected chi connectivity index (χ2v) is 6.27. The van der Waals surface area contributed by atoms with Crippen molar-refractivity contribution in [3.8, 4) is 0 Å². The van der Waals surface area contributed by atoms with Crippen LogP contribution < -0.4 is 5.32 Å². The highest BCUT2D eigenvalue weighted by Crippen LogP contribution is 2.26. The third kappa shape index (κ3) is 2.58. The molecule has 108 valence electrons. The number of thiazole rings is 1. The van der Waals surface area contributed by atoms with Gasteiger partial charge in [0.2, 0.25) is 0 Å². The summed E-state index contributed by atoms with van der Waals surface area (Å²) in [5.41, 5.74) is 1.97. The second kappa shape index (κ2) is 5.36. The van der Waals surface area contributed by atoms with E-state index in [1.165, 1.54) is 39.5 Å². The Hall–Kier alpha value is -2.09. The molecule has 0 fully saturated rings. The highest BCUT2D eigenvalue weighted by molar-refractivity contribution is 7.11. The Morgan fingerprint density at radius 2 is 2.19 bits per heavy atom. The first-order valence-electron chi connectivity index (χ1n) is 7.15. The van der Waals surface area contributed by atoms with Gasteiger partial charge in [0.25, 0.3) is 0 Å². The lowest BCUT2D eigenvalue weighted by Gasteiger charge is -2.06. The zero-order valence-electron chi connectivity index (χ0n) is 11.5. The van der Waals surface area contributed by atoms with Gasteiger partial charge >= 0.3 is 0 Å². The lowest BCUT2D eigenvalue weighted by Crippen LogP contribution is -2.08. The highest BCUT2D eigenvalue weighted by Gasteiger charge is 2.14. The molecule has 1 aliphatic rings. The Labute approximate surface area is 125 Å². The highest BCUT2D eigenvalue weighted by atomic mass is 32.1. The molecule has 0 spiro atoms. The minimum atomic E-state index is 0.646. The van der Waals surface area contributed by atoms with E-state index in [4.69, 9.17) is 4.98 Å². The minimum absolute atomic E-state index is 0.646. The lowest BCUT2D eigenvalue weighted by atomic mass is 10.0. The summed E-state index contributed by atoms with van der Waals surface area (Å²) < 4.78 is 1.42. The molecule has 21 heavy (non-hydrogen) atoms.